The van der Waals surface area contributed by atoms with Gasteiger partial charge in [-0.1, -0.05) is 59.8 Å². The molecule has 0 aliphatic carbocycles. The Labute approximate surface area is 118 Å². The number of nitrogens with zero attached hydrogens (tertiary/aromatic N) is 1. The van der Waals surface area contributed by atoms with Crippen LogP contribution in [-0.2, 0) is 6.54 Å². The molecule has 1 heterocycles. The van der Waals surface area contributed by atoms with E-state index in [-0.39, 0.29) is 0 Å². The van der Waals surface area contributed by atoms with Crippen LogP contribution in [0.25, 0.3) is 22.5 Å². The molecule has 0 saturated carbocycles. The summed E-state index contributed by atoms with van der Waals surface area (Å²) >= 11 is 0. The lowest BCUT2D eigenvalue weighted by Crippen LogP contribution is -2.04. The summed E-state index contributed by atoms with van der Waals surface area (Å²) in [6.07, 6.45) is 0. The molecule has 0 radical (unpaired) electrons. The molecule has 0 bridgehead atoms. The van der Waals surface area contributed by atoms with E-state index in [1.54, 1.807) is 0 Å². The monoisotopic (exact) mass is 264 g/mol. The Morgan fingerprint density at radius 2 is 1.55 bits per heavy atom. The van der Waals surface area contributed by atoms with Crippen LogP contribution in [0.5, 0.6) is 0 Å². The fourth-order valence-corrected chi connectivity index (χ4v) is 2.17. The summed E-state index contributed by atoms with van der Waals surface area (Å²) in [6.45, 7) is 0.714. The average molecular weight is 264 g/mol. The van der Waals surface area contributed by atoms with Crippen LogP contribution in [0.4, 0.5) is 0 Å². The summed E-state index contributed by atoms with van der Waals surface area (Å²) < 4.78 is 5.36. The highest BCUT2D eigenvalue weighted by Gasteiger charge is 2.06. The van der Waals surface area contributed by atoms with E-state index in [0.29, 0.717) is 6.54 Å². The molecule has 3 heteroatoms. The van der Waals surface area contributed by atoms with Gasteiger partial charge in [-0.25, -0.2) is 0 Å². The van der Waals surface area contributed by atoms with Gasteiger partial charge in [0.05, 0.1) is 5.69 Å². The van der Waals surface area contributed by atoms with Crippen molar-refractivity contribution in [2.45, 2.75) is 6.54 Å². The van der Waals surface area contributed by atoms with E-state index in [2.05, 4.69) is 46.9 Å². The summed E-state index contributed by atoms with van der Waals surface area (Å²) in [5, 5.41) is 7.08. The molecule has 0 atom stereocenters. The Morgan fingerprint density at radius 3 is 2.25 bits per heavy atom. The van der Waals surface area contributed by atoms with E-state index in [0.717, 1.165) is 17.0 Å². The van der Waals surface area contributed by atoms with Crippen LogP contribution < -0.4 is 5.32 Å². The van der Waals surface area contributed by atoms with Crippen molar-refractivity contribution < 1.29 is 4.52 Å². The van der Waals surface area contributed by atoms with Gasteiger partial charge in [-0.15, -0.1) is 0 Å². The molecule has 0 saturated heterocycles. The second-order valence-corrected chi connectivity index (χ2v) is 4.66. The SMILES string of the molecule is CNCc1cc(-c2ccc(-c3ccccc3)cc2)on1. The van der Waals surface area contributed by atoms with Crippen LogP contribution in [0.15, 0.2) is 65.2 Å². The molecular weight excluding hydrogens is 248 g/mol. The van der Waals surface area contributed by atoms with Crippen molar-refractivity contribution in [2.24, 2.45) is 0 Å². The first-order valence-electron chi connectivity index (χ1n) is 6.63. The van der Waals surface area contributed by atoms with E-state index < -0.39 is 0 Å². The zero-order valence-corrected chi connectivity index (χ0v) is 11.3. The minimum Gasteiger partial charge on any atom is -0.356 e. The van der Waals surface area contributed by atoms with Crippen molar-refractivity contribution >= 4 is 0 Å². The molecule has 3 nitrogen and oxygen atoms in total. The first kappa shape index (κ1) is 12.6. The van der Waals surface area contributed by atoms with Crippen molar-refractivity contribution in [1.82, 2.24) is 10.5 Å². The minimum absolute atomic E-state index is 0.714. The predicted molar refractivity (Wildman–Crippen MR) is 80.1 cm³/mol. The third-order valence-electron chi connectivity index (χ3n) is 3.19. The molecule has 0 unspecified atom stereocenters. The lowest BCUT2D eigenvalue weighted by molar-refractivity contribution is 0.421. The van der Waals surface area contributed by atoms with Gasteiger partial charge >= 0.3 is 0 Å². The van der Waals surface area contributed by atoms with E-state index in [1.807, 2.05) is 31.3 Å². The molecule has 1 N–H and O–H groups in total. The van der Waals surface area contributed by atoms with Gasteiger partial charge in [0.2, 0.25) is 0 Å². The summed E-state index contributed by atoms with van der Waals surface area (Å²) in [5.74, 6) is 0.801. The molecule has 0 fully saturated rings. The van der Waals surface area contributed by atoms with Crippen molar-refractivity contribution in [1.29, 1.82) is 0 Å². The summed E-state index contributed by atoms with van der Waals surface area (Å²) in [7, 11) is 1.89. The van der Waals surface area contributed by atoms with Gasteiger partial charge in [0.15, 0.2) is 5.76 Å². The largest absolute Gasteiger partial charge is 0.356 e. The molecule has 3 aromatic rings. The zero-order chi connectivity index (χ0) is 13.8. The van der Waals surface area contributed by atoms with Gasteiger partial charge in [-0.05, 0) is 18.2 Å². The van der Waals surface area contributed by atoms with Gasteiger partial charge in [-0.3, -0.25) is 0 Å². The highest BCUT2D eigenvalue weighted by Crippen LogP contribution is 2.25. The first-order valence-corrected chi connectivity index (χ1v) is 6.63. The number of aromatic nitrogens is 1. The summed E-state index contributed by atoms with van der Waals surface area (Å²) in [6, 6.07) is 20.6. The van der Waals surface area contributed by atoms with Crippen molar-refractivity contribution in [2.75, 3.05) is 7.05 Å². The van der Waals surface area contributed by atoms with E-state index in [1.165, 1.54) is 11.1 Å². The maximum Gasteiger partial charge on any atom is 0.167 e. The molecule has 3 rings (SSSR count). The van der Waals surface area contributed by atoms with Gasteiger partial charge in [-0.2, -0.15) is 0 Å². The third kappa shape index (κ3) is 2.63. The fraction of sp³-hybridized carbons (Fsp3) is 0.118. The predicted octanol–water partition coefficient (Wildman–Crippen LogP) is 3.73. The van der Waals surface area contributed by atoms with Crippen LogP contribution in [0.2, 0.25) is 0 Å². The van der Waals surface area contributed by atoms with Crippen LogP contribution >= 0.6 is 0 Å². The van der Waals surface area contributed by atoms with Crippen LogP contribution in [-0.4, -0.2) is 12.2 Å². The smallest absolute Gasteiger partial charge is 0.167 e. The molecule has 0 aliphatic heterocycles. The average Bonchev–Trinajstić information content (AvgIpc) is 2.97. The standard InChI is InChI=1S/C17H16N2O/c1-18-12-16-11-17(20-19-16)15-9-7-14(8-10-15)13-5-3-2-4-6-13/h2-11,18H,12H2,1H3. The normalized spacial score (nSPS) is 10.7. The molecule has 0 aliphatic rings. The van der Waals surface area contributed by atoms with Crippen molar-refractivity contribution in [3.8, 4) is 22.5 Å². The summed E-state index contributed by atoms with van der Waals surface area (Å²) in [5.41, 5.74) is 4.37. The van der Waals surface area contributed by atoms with Gasteiger partial charge in [0.1, 0.15) is 0 Å². The number of hydrogen-bond acceptors (Lipinski definition) is 3. The van der Waals surface area contributed by atoms with E-state index >= 15 is 0 Å². The van der Waals surface area contributed by atoms with Crippen LogP contribution in [0.3, 0.4) is 0 Å². The zero-order valence-electron chi connectivity index (χ0n) is 11.3. The Bertz CT molecular complexity index is 672. The van der Waals surface area contributed by atoms with E-state index in [9.17, 15) is 0 Å². The Kier molecular flexibility index (Phi) is 3.61. The Hall–Kier alpha value is -2.39. The molecule has 100 valence electrons. The van der Waals surface area contributed by atoms with Crippen LogP contribution in [0, 0.1) is 0 Å². The lowest BCUT2D eigenvalue weighted by atomic mass is 10.0. The molecule has 0 spiro atoms. The Morgan fingerprint density at radius 1 is 0.900 bits per heavy atom. The lowest BCUT2D eigenvalue weighted by Gasteiger charge is -2.02. The van der Waals surface area contributed by atoms with Crippen molar-refractivity contribution in [3.63, 3.8) is 0 Å². The maximum absolute atomic E-state index is 5.36. The number of nitrogens with one attached hydrogen (secondary N) is 1. The summed E-state index contributed by atoms with van der Waals surface area (Å²) in [4.78, 5) is 0. The maximum atomic E-state index is 5.36. The molecular formula is C17H16N2O. The third-order valence-corrected chi connectivity index (χ3v) is 3.19. The highest BCUT2D eigenvalue weighted by molar-refractivity contribution is 5.68. The second kappa shape index (κ2) is 5.72. The number of benzene rings is 2. The van der Waals surface area contributed by atoms with Gasteiger partial charge in [0, 0.05) is 18.2 Å². The number of rotatable bonds is 4. The van der Waals surface area contributed by atoms with Crippen molar-refractivity contribution in [3.05, 3.63) is 66.4 Å². The van der Waals surface area contributed by atoms with Crippen LogP contribution in [0.1, 0.15) is 5.69 Å². The molecule has 1 aromatic heterocycles. The highest BCUT2D eigenvalue weighted by atomic mass is 16.5. The Balaban J connectivity index is 1.85. The molecule has 2 aromatic carbocycles. The van der Waals surface area contributed by atoms with E-state index in [4.69, 9.17) is 4.52 Å². The quantitative estimate of drug-likeness (QED) is 0.780. The van der Waals surface area contributed by atoms with Gasteiger partial charge < -0.3 is 9.84 Å². The molecule has 0 amide bonds. The fourth-order valence-electron chi connectivity index (χ4n) is 2.17. The van der Waals surface area contributed by atoms with Gasteiger partial charge in [0.25, 0.3) is 0 Å². The first-order chi connectivity index (χ1) is 9.86. The minimum atomic E-state index is 0.714. The second-order valence-electron chi connectivity index (χ2n) is 4.66. The molecule has 20 heavy (non-hydrogen) atoms. The number of hydrogen-bond donors (Lipinski definition) is 1. The topological polar surface area (TPSA) is 38.1 Å².